The SMILES string of the molecule is CCOC(=O)NN(C(=O)OCC)[C@H]1C=C[C@@H](Oc2cccc(C)c2)C12CC2. The molecule has 0 aromatic heterocycles. The number of hydrazine groups is 1. The second-order valence-corrected chi connectivity index (χ2v) is 6.82. The van der Waals surface area contributed by atoms with E-state index in [1.807, 2.05) is 43.3 Å². The van der Waals surface area contributed by atoms with E-state index in [0.29, 0.717) is 0 Å². The zero-order chi connectivity index (χ0) is 19.4. The van der Waals surface area contributed by atoms with Crippen LogP contribution >= 0.6 is 0 Å². The monoisotopic (exact) mass is 374 g/mol. The molecule has 146 valence electrons. The van der Waals surface area contributed by atoms with E-state index < -0.39 is 12.2 Å². The number of hydrogen-bond acceptors (Lipinski definition) is 5. The Bertz CT molecular complexity index is 729. The molecule has 0 bridgehead atoms. The van der Waals surface area contributed by atoms with Gasteiger partial charge in [-0.3, -0.25) is 0 Å². The first-order chi connectivity index (χ1) is 13.0. The molecule has 1 fully saturated rings. The molecule has 0 unspecified atom stereocenters. The maximum atomic E-state index is 12.5. The van der Waals surface area contributed by atoms with E-state index in [-0.39, 0.29) is 30.8 Å². The van der Waals surface area contributed by atoms with E-state index in [4.69, 9.17) is 14.2 Å². The lowest BCUT2D eigenvalue weighted by Gasteiger charge is -2.33. The fraction of sp³-hybridized carbons (Fsp3) is 0.500. The number of benzene rings is 1. The fourth-order valence-electron chi connectivity index (χ4n) is 3.50. The second kappa shape index (κ2) is 7.90. The summed E-state index contributed by atoms with van der Waals surface area (Å²) in [6.07, 6.45) is 4.17. The highest BCUT2D eigenvalue weighted by atomic mass is 16.6. The number of nitrogens with one attached hydrogen (secondary N) is 1. The van der Waals surface area contributed by atoms with Crippen molar-refractivity contribution in [2.75, 3.05) is 13.2 Å². The lowest BCUT2D eigenvalue weighted by Crippen LogP contribution is -2.55. The lowest BCUT2D eigenvalue weighted by molar-refractivity contribution is 0.0363. The van der Waals surface area contributed by atoms with Gasteiger partial charge in [0.25, 0.3) is 0 Å². The van der Waals surface area contributed by atoms with Crippen molar-refractivity contribution in [3.8, 4) is 5.75 Å². The zero-order valence-corrected chi connectivity index (χ0v) is 15.9. The Hall–Kier alpha value is -2.70. The summed E-state index contributed by atoms with van der Waals surface area (Å²) in [6, 6.07) is 7.52. The topological polar surface area (TPSA) is 77.1 Å². The first kappa shape index (κ1) is 19.1. The van der Waals surface area contributed by atoms with Crippen LogP contribution < -0.4 is 10.2 Å². The van der Waals surface area contributed by atoms with Gasteiger partial charge in [0.05, 0.1) is 19.3 Å². The van der Waals surface area contributed by atoms with Crippen molar-refractivity contribution in [3.05, 3.63) is 42.0 Å². The largest absolute Gasteiger partial charge is 0.486 e. The van der Waals surface area contributed by atoms with Crippen molar-refractivity contribution in [2.24, 2.45) is 5.41 Å². The van der Waals surface area contributed by atoms with Crippen LogP contribution in [0.2, 0.25) is 0 Å². The third-order valence-electron chi connectivity index (χ3n) is 4.93. The molecule has 7 heteroatoms. The number of amides is 2. The van der Waals surface area contributed by atoms with Crippen LogP contribution in [0.1, 0.15) is 32.3 Å². The number of carbonyl (C=O) groups excluding carboxylic acids is 2. The van der Waals surface area contributed by atoms with E-state index in [0.717, 1.165) is 24.2 Å². The number of aryl methyl sites for hydroxylation is 1. The number of carbonyl (C=O) groups is 2. The van der Waals surface area contributed by atoms with Gasteiger partial charge in [-0.25, -0.2) is 20.0 Å². The first-order valence-corrected chi connectivity index (χ1v) is 9.31. The summed E-state index contributed by atoms with van der Waals surface area (Å²) in [5, 5.41) is 1.23. The molecule has 1 spiro atoms. The Morgan fingerprint density at radius 1 is 1.19 bits per heavy atom. The standard InChI is InChI=1S/C20H26N2O5/c1-4-25-18(23)21-22(19(24)26-5-2)16-9-10-17(20(16)11-12-20)27-15-8-6-7-14(3)13-15/h6-10,13,16-17H,4-5,11-12H2,1-3H3,(H,21,23)/t16-,17+/m0/s1. The first-order valence-electron chi connectivity index (χ1n) is 9.31. The smallest absolute Gasteiger partial charge is 0.429 e. The van der Waals surface area contributed by atoms with Gasteiger partial charge < -0.3 is 14.2 Å². The predicted octanol–water partition coefficient (Wildman–Crippen LogP) is 3.58. The number of ether oxygens (including phenoxy) is 3. The van der Waals surface area contributed by atoms with Gasteiger partial charge in [-0.2, -0.15) is 0 Å². The van der Waals surface area contributed by atoms with Gasteiger partial charge in [-0.05, 0) is 57.4 Å². The maximum Gasteiger partial charge on any atom is 0.429 e. The quantitative estimate of drug-likeness (QED) is 0.630. The van der Waals surface area contributed by atoms with Gasteiger partial charge in [0.2, 0.25) is 0 Å². The van der Waals surface area contributed by atoms with Crippen LogP contribution in [-0.4, -0.2) is 42.6 Å². The summed E-state index contributed by atoms with van der Waals surface area (Å²) >= 11 is 0. The molecule has 1 saturated carbocycles. The molecule has 0 radical (unpaired) electrons. The van der Waals surface area contributed by atoms with Crippen LogP contribution in [0.4, 0.5) is 9.59 Å². The van der Waals surface area contributed by atoms with Crippen molar-refractivity contribution in [3.63, 3.8) is 0 Å². The molecular weight excluding hydrogens is 348 g/mol. The normalized spacial score (nSPS) is 21.6. The number of hydrogen-bond donors (Lipinski definition) is 1. The lowest BCUT2D eigenvalue weighted by atomic mass is 9.96. The van der Waals surface area contributed by atoms with Gasteiger partial charge in [0, 0.05) is 5.41 Å². The van der Waals surface area contributed by atoms with Gasteiger partial charge in [0.15, 0.2) is 0 Å². The molecule has 2 aliphatic rings. The average molecular weight is 374 g/mol. The Morgan fingerprint density at radius 3 is 2.56 bits per heavy atom. The van der Waals surface area contributed by atoms with Gasteiger partial charge in [-0.1, -0.05) is 18.2 Å². The third kappa shape index (κ3) is 4.02. The van der Waals surface area contributed by atoms with E-state index in [1.54, 1.807) is 13.8 Å². The fourth-order valence-corrected chi connectivity index (χ4v) is 3.50. The van der Waals surface area contributed by atoms with Crippen LogP contribution in [0.25, 0.3) is 0 Å². The van der Waals surface area contributed by atoms with E-state index in [9.17, 15) is 9.59 Å². The highest BCUT2D eigenvalue weighted by Crippen LogP contribution is 2.57. The Kier molecular flexibility index (Phi) is 5.58. The molecule has 0 aliphatic heterocycles. The highest BCUT2D eigenvalue weighted by molar-refractivity contribution is 5.74. The van der Waals surface area contributed by atoms with Gasteiger partial charge >= 0.3 is 12.2 Å². The molecule has 27 heavy (non-hydrogen) atoms. The van der Waals surface area contributed by atoms with E-state index >= 15 is 0 Å². The minimum absolute atomic E-state index is 0.176. The number of nitrogens with zero attached hydrogens (tertiary/aromatic N) is 1. The van der Waals surface area contributed by atoms with Crippen molar-refractivity contribution < 1.29 is 23.8 Å². The summed E-state index contributed by atoms with van der Waals surface area (Å²) in [7, 11) is 0. The Balaban J connectivity index is 1.77. The Morgan fingerprint density at radius 2 is 1.93 bits per heavy atom. The van der Waals surface area contributed by atoms with Gasteiger partial charge in [0.1, 0.15) is 11.9 Å². The van der Waals surface area contributed by atoms with E-state index in [2.05, 4.69) is 5.43 Å². The van der Waals surface area contributed by atoms with Crippen LogP contribution in [0.15, 0.2) is 36.4 Å². The maximum absolute atomic E-state index is 12.5. The molecule has 1 aromatic rings. The minimum Gasteiger partial charge on any atom is -0.486 e. The average Bonchev–Trinajstić information content (AvgIpc) is 3.34. The van der Waals surface area contributed by atoms with Crippen molar-refractivity contribution in [1.29, 1.82) is 0 Å². The molecule has 0 saturated heterocycles. The summed E-state index contributed by atoms with van der Waals surface area (Å²) in [6.45, 7) is 5.87. The molecule has 1 N–H and O–H groups in total. The molecule has 7 nitrogen and oxygen atoms in total. The van der Waals surface area contributed by atoms with Crippen LogP contribution in [-0.2, 0) is 9.47 Å². The molecule has 3 rings (SSSR count). The predicted molar refractivity (Wildman–Crippen MR) is 99.2 cm³/mol. The summed E-state index contributed by atoms with van der Waals surface area (Å²) in [4.78, 5) is 24.4. The molecular formula is C20H26N2O5. The summed E-state index contributed by atoms with van der Waals surface area (Å²) in [5.41, 5.74) is 3.38. The molecule has 2 amide bonds. The molecule has 1 aromatic carbocycles. The van der Waals surface area contributed by atoms with Crippen LogP contribution in [0.3, 0.4) is 0 Å². The van der Waals surface area contributed by atoms with Gasteiger partial charge in [-0.15, -0.1) is 0 Å². The van der Waals surface area contributed by atoms with Crippen molar-refractivity contribution >= 4 is 12.2 Å². The summed E-state index contributed by atoms with van der Waals surface area (Å²) < 4.78 is 16.3. The Labute approximate surface area is 159 Å². The highest BCUT2D eigenvalue weighted by Gasteiger charge is 2.61. The van der Waals surface area contributed by atoms with Crippen LogP contribution in [0, 0.1) is 12.3 Å². The third-order valence-corrected chi connectivity index (χ3v) is 4.93. The molecule has 2 atom stereocenters. The molecule has 0 heterocycles. The summed E-state index contributed by atoms with van der Waals surface area (Å²) in [5.74, 6) is 0.789. The van der Waals surface area contributed by atoms with Crippen molar-refractivity contribution in [1.82, 2.24) is 10.4 Å². The van der Waals surface area contributed by atoms with Crippen LogP contribution in [0.5, 0.6) is 5.75 Å². The minimum atomic E-state index is -0.683. The van der Waals surface area contributed by atoms with Crippen molar-refractivity contribution in [2.45, 2.75) is 45.8 Å². The molecule has 2 aliphatic carbocycles. The second-order valence-electron chi connectivity index (χ2n) is 6.82. The zero-order valence-electron chi connectivity index (χ0n) is 15.9. The van der Waals surface area contributed by atoms with E-state index in [1.165, 1.54) is 5.01 Å². The number of rotatable bonds is 5.